The Balaban J connectivity index is 2.07. The average molecular weight is 252 g/mol. The summed E-state index contributed by atoms with van der Waals surface area (Å²) in [6, 6.07) is 5.98. The Bertz CT molecular complexity index is 526. The van der Waals surface area contributed by atoms with Crippen LogP contribution < -0.4 is 5.32 Å². The van der Waals surface area contributed by atoms with Crippen LogP contribution in [0.4, 0.5) is 0 Å². The van der Waals surface area contributed by atoms with Crippen molar-refractivity contribution in [2.75, 3.05) is 0 Å². The van der Waals surface area contributed by atoms with E-state index < -0.39 is 0 Å². The summed E-state index contributed by atoms with van der Waals surface area (Å²) in [6.07, 6.45) is 1.60. The van der Waals surface area contributed by atoms with E-state index in [9.17, 15) is 9.90 Å². The topological polar surface area (TPSA) is 78.0 Å². The monoisotopic (exact) mass is 251 g/mol. The molecular formula is C11H10ClN3O2. The minimum atomic E-state index is -0.347. The molecule has 0 spiro atoms. The Morgan fingerprint density at radius 1 is 1.47 bits per heavy atom. The van der Waals surface area contributed by atoms with Crippen molar-refractivity contribution in [2.45, 2.75) is 6.54 Å². The highest BCUT2D eigenvalue weighted by Crippen LogP contribution is 2.20. The number of H-pyrrole nitrogens is 1. The van der Waals surface area contributed by atoms with Crippen LogP contribution in [0.1, 0.15) is 16.1 Å². The van der Waals surface area contributed by atoms with Crippen LogP contribution in [-0.4, -0.2) is 21.2 Å². The van der Waals surface area contributed by atoms with Crippen molar-refractivity contribution in [1.29, 1.82) is 0 Å². The van der Waals surface area contributed by atoms with Gasteiger partial charge in [-0.1, -0.05) is 11.6 Å². The largest absolute Gasteiger partial charge is 0.508 e. The lowest BCUT2D eigenvalue weighted by Gasteiger charge is -2.05. The molecule has 1 aromatic heterocycles. The van der Waals surface area contributed by atoms with Crippen LogP contribution in [-0.2, 0) is 6.54 Å². The van der Waals surface area contributed by atoms with Crippen molar-refractivity contribution in [2.24, 2.45) is 0 Å². The number of phenolic OH excluding ortho intramolecular Hbond substituents is 1. The van der Waals surface area contributed by atoms with Gasteiger partial charge in [-0.15, -0.1) is 0 Å². The number of carbonyl (C=O) groups excluding carboxylic acids is 1. The van der Waals surface area contributed by atoms with Crippen molar-refractivity contribution in [3.05, 3.63) is 46.7 Å². The van der Waals surface area contributed by atoms with E-state index in [1.54, 1.807) is 12.3 Å². The van der Waals surface area contributed by atoms with Crippen molar-refractivity contribution in [1.82, 2.24) is 15.5 Å². The highest BCUT2D eigenvalue weighted by Gasteiger charge is 2.10. The predicted octanol–water partition coefficient (Wildman–Crippen LogP) is 1.70. The number of amides is 1. The summed E-state index contributed by atoms with van der Waals surface area (Å²) in [5, 5.41) is 18.7. The van der Waals surface area contributed by atoms with E-state index in [4.69, 9.17) is 11.6 Å². The zero-order chi connectivity index (χ0) is 12.3. The predicted molar refractivity (Wildman–Crippen MR) is 62.9 cm³/mol. The summed E-state index contributed by atoms with van der Waals surface area (Å²) in [6.45, 7) is 0.324. The van der Waals surface area contributed by atoms with Gasteiger partial charge >= 0.3 is 0 Å². The molecule has 88 valence electrons. The minimum Gasteiger partial charge on any atom is -0.508 e. The standard InChI is InChI=1S/C11H10ClN3O2/c12-10-2-1-8(16)5-9(10)11(17)13-6-7-3-4-14-15-7/h1-5,16H,6H2,(H,13,17)(H,14,15). The molecule has 0 unspecified atom stereocenters. The first-order valence-corrected chi connectivity index (χ1v) is 5.29. The second-order valence-corrected chi connectivity index (χ2v) is 3.84. The van der Waals surface area contributed by atoms with E-state index in [0.717, 1.165) is 5.69 Å². The summed E-state index contributed by atoms with van der Waals surface area (Å²) >= 11 is 5.86. The Labute approximate surface area is 102 Å². The zero-order valence-electron chi connectivity index (χ0n) is 8.77. The van der Waals surface area contributed by atoms with Crippen LogP contribution in [0.25, 0.3) is 0 Å². The van der Waals surface area contributed by atoms with Gasteiger partial charge in [0.15, 0.2) is 0 Å². The molecule has 17 heavy (non-hydrogen) atoms. The highest BCUT2D eigenvalue weighted by molar-refractivity contribution is 6.33. The average Bonchev–Trinajstić information content (AvgIpc) is 2.82. The van der Waals surface area contributed by atoms with Gasteiger partial charge in [0.25, 0.3) is 5.91 Å². The fourth-order valence-electron chi connectivity index (χ4n) is 1.34. The van der Waals surface area contributed by atoms with Gasteiger partial charge in [-0.2, -0.15) is 5.10 Å². The number of hydrogen-bond donors (Lipinski definition) is 3. The maximum atomic E-state index is 11.8. The van der Waals surface area contributed by atoms with Crippen molar-refractivity contribution in [3.63, 3.8) is 0 Å². The number of nitrogens with one attached hydrogen (secondary N) is 2. The Morgan fingerprint density at radius 2 is 2.29 bits per heavy atom. The summed E-state index contributed by atoms with van der Waals surface area (Å²) in [5.41, 5.74) is 1.03. The Kier molecular flexibility index (Phi) is 3.30. The molecule has 1 heterocycles. The number of nitrogens with zero attached hydrogens (tertiary/aromatic N) is 1. The first-order valence-electron chi connectivity index (χ1n) is 4.92. The minimum absolute atomic E-state index is 0.00101. The van der Waals surface area contributed by atoms with E-state index in [0.29, 0.717) is 11.6 Å². The van der Waals surface area contributed by atoms with Gasteiger partial charge < -0.3 is 10.4 Å². The summed E-state index contributed by atoms with van der Waals surface area (Å²) in [5.74, 6) is -0.346. The number of halogens is 1. The van der Waals surface area contributed by atoms with Crippen LogP contribution in [0.2, 0.25) is 5.02 Å². The molecule has 0 aliphatic heterocycles. The van der Waals surface area contributed by atoms with Crippen molar-refractivity contribution < 1.29 is 9.90 Å². The van der Waals surface area contributed by atoms with Crippen molar-refractivity contribution in [3.8, 4) is 5.75 Å². The lowest BCUT2D eigenvalue weighted by Crippen LogP contribution is -2.23. The number of aromatic amines is 1. The molecule has 0 aliphatic rings. The SMILES string of the molecule is O=C(NCc1ccn[nH]1)c1cc(O)ccc1Cl. The van der Waals surface area contributed by atoms with Crippen LogP contribution in [0.3, 0.4) is 0 Å². The third-order valence-electron chi connectivity index (χ3n) is 2.19. The van der Waals surface area contributed by atoms with Crippen molar-refractivity contribution >= 4 is 17.5 Å². The molecule has 6 heteroatoms. The molecule has 1 amide bonds. The Morgan fingerprint density at radius 3 is 3.00 bits per heavy atom. The first kappa shape index (κ1) is 11.5. The third-order valence-corrected chi connectivity index (χ3v) is 2.52. The molecule has 0 saturated heterocycles. The number of phenols is 1. The normalized spacial score (nSPS) is 10.2. The maximum absolute atomic E-state index is 11.8. The number of rotatable bonds is 3. The van der Waals surface area contributed by atoms with Gasteiger partial charge in [0.1, 0.15) is 5.75 Å². The maximum Gasteiger partial charge on any atom is 0.253 e. The number of benzene rings is 1. The van der Waals surface area contributed by atoms with Crippen LogP contribution in [0.15, 0.2) is 30.5 Å². The summed E-state index contributed by atoms with van der Waals surface area (Å²) < 4.78 is 0. The van der Waals surface area contributed by atoms with Gasteiger partial charge in [-0.25, -0.2) is 0 Å². The van der Waals surface area contributed by atoms with Gasteiger partial charge in [-0.3, -0.25) is 9.89 Å². The third kappa shape index (κ3) is 2.76. The van der Waals surface area contributed by atoms with Gasteiger partial charge in [-0.05, 0) is 24.3 Å². The molecule has 0 atom stereocenters. The molecule has 5 nitrogen and oxygen atoms in total. The molecule has 0 aliphatic carbocycles. The second kappa shape index (κ2) is 4.88. The fraction of sp³-hybridized carbons (Fsp3) is 0.0909. The van der Waals surface area contributed by atoms with Gasteiger partial charge in [0.2, 0.25) is 0 Å². The molecule has 2 rings (SSSR count). The van der Waals surface area contributed by atoms with E-state index in [-0.39, 0.29) is 17.2 Å². The Hall–Kier alpha value is -2.01. The first-order chi connectivity index (χ1) is 8.16. The number of aromatic nitrogens is 2. The lowest BCUT2D eigenvalue weighted by atomic mass is 10.2. The fourth-order valence-corrected chi connectivity index (χ4v) is 1.54. The molecular weight excluding hydrogens is 242 g/mol. The molecule has 0 radical (unpaired) electrons. The number of carbonyl (C=O) groups is 1. The van der Waals surface area contributed by atoms with Gasteiger partial charge in [0, 0.05) is 6.20 Å². The van der Waals surface area contributed by atoms with Crippen LogP contribution in [0.5, 0.6) is 5.75 Å². The quantitative estimate of drug-likeness (QED) is 0.777. The zero-order valence-corrected chi connectivity index (χ0v) is 9.53. The molecule has 0 bridgehead atoms. The van der Waals surface area contributed by atoms with Crippen LogP contribution >= 0.6 is 11.6 Å². The van der Waals surface area contributed by atoms with Gasteiger partial charge in [0.05, 0.1) is 22.8 Å². The lowest BCUT2D eigenvalue weighted by molar-refractivity contribution is 0.0950. The van der Waals surface area contributed by atoms with E-state index in [1.165, 1.54) is 18.2 Å². The van der Waals surface area contributed by atoms with E-state index >= 15 is 0 Å². The van der Waals surface area contributed by atoms with Crippen LogP contribution in [0, 0.1) is 0 Å². The molecule has 0 saturated carbocycles. The molecule has 1 aromatic carbocycles. The van der Waals surface area contributed by atoms with E-state index in [1.807, 2.05) is 0 Å². The number of aromatic hydroxyl groups is 1. The molecule has 2 aromatic rings. The summed E-state index contributed by atoms with van der Waals surface area (Å²) in [7, 11) is 0. The summed E-state index contributed by atoms with van der Waals surface area (Å²) in [4.78, 5) is 11.8. The molecule has 3 N–H and O–H groups in total. The second-order valence-electron chi connectivity index (χ2n) is 3.43. The smallest absolute Gasteiger partial charge is 0.253 e. The highest BCUT2D eigenvalue weighted by atomic mass is 35.5. The number of hydrogen-bond acceptors (Lipinski definition) is 3. The molecule has 0 fully saturated rings. The van der Waals surface area contributed by atoms with E-state index in [2.05, 4.69) is 15.5 Å².